The number of esters is 1. The van der Waals surface area contributed by atoms with E-state index in [1.165, 1.54) is 29.4 Å². The number of aromatic nitrogens is 2. The molecule has 16 nitrogen and oxygen atoms in total. The lowest BCUT2D eigenvalue weighted by molar-refractivity contribution is -0.899. The summed E-state index contributed by atoms with van der Waals surface area (Å²) in [5, 5.41) is 26.9. The number of nitrogen functional groups attached to an aromatic ring is 1. The van der Waals surface area contributed by atoms with Crippen LogP contribution in [0.2, 0.25) is 0 Å². The van der Waals surface area contributed by atoms with Gasteiger partial charge in [-0.25, -0.2) is 14.6 Å². The van der Waals surface area contributed by atoms with E-state index >= 15 is 0 Å². The largest absolute Gasteiger partial charge is 0.503 e. The van der Waals surface area contributed by atoms with Gasteiger partial charge < -0.3 is 40.3 Å². The number of β-lactam (4-membered cyclic amide) rings is 1. The Balaban J connectivity index is 1.49. The maximum absolute atomic E-state index is 13.3. The number of quaternary nitrogens is 1. The molecule has 0 spiro atoms. The van der Waals surface area contributed by atoms with E-state index in [1.807, 2.05) is 14.1 Å². The van der Waals surface area contributed by atoms with Crippen molar-refractivity contribution in [2.75, 3.05) is 38.7 Å². The van der Waals surface area contributed by atoms with E-state index in [4.69, 9.17) is 15.3 Å². The molecule has 2 atom stereocenters. The second kappa shape index (κ2) is 12.9. The van der Waals surface area contributed by atoms with E-state index in [1.54, 1.807) is 20.8 Å². The number of aromatic amines is 1. The van der Waals surface area contributed by atoms with Crippen LogP contribution in [-0.2, 0) is 35.3 Å². The van der Waals surface area contributed by atoms with Crippen molar-refractivity contribution in [3.05, 3.63) is 50.5 Å². The van der Waals surface area contributed by atoms with Crippen LogP contribution < -0.4 is 16.5 Å². The predicted octanol–water partition coefficient (Wildman–Crippen LogP) is 0.197. The van der Waals surface area contributed by atoms with Crippen molar-refractivity contribution < 1.29 is 43.4 Å². The van der Waals surface area contributed by atoms with Gasteiger partial charge in [-0.2, -0.15) is 0 Å². The van der Waals surface area contributed by atoms with Crippen molar-refractivity contribution >= 4 is 57.7 Å². The second-order valence-electron chi connectivity index (χ2n) is 11.9. The average molecular weight is 665 g/mol. The van der Waals surface area contributed by atoms with E-state index in [0.717, 1.165) is 16.2 Å². The number of hydrogen-bond donors (Lipinski definition) is 5. The molecule has 4 heterocycles. The molecule has 2 aromatic rings. The standard InChI is InChI=1S/C27H33N7O9S2/c1-27(2,3)43-18(37)10-42-32-19(15-12-45-26(28)30-15)22(38)31-20-23(39)33-21(25(40)41)13(11-44-24(20)33)8-34(4,5)9-14-6-16(35)17(36)7-29-14/h6-7,12,20,24H,8-11H2,1-5H3,(H5-,28,29,30,31,32,35,36,38,40,41)/p+1/t20-,24-/m1/s1. The Hall–Kier alpha value is -4.42. The number of anilines is 1. The maximum Gasteiger partial charge on any atom is 0.352 e. The molecule has 0 unspecified atom stereocenters. The summed E-state index contributed by atoms with van der Waals surface area (Å²) in [5.41, 5.74) is 5.03. The first-order valence-electron chi connectivity index (χ1n) is 13.5. The van der Waals surface area contributed by atoms with Crippen molar-refractivity contribution in [1.82, 2.24) is 20.2 Å². The maximum atomic E-state index is 13.3. The third kappa shape index (κ3) is 8.00. The van der Waals surface area contributed by atoms with Crippen LogP contribution in [0.15, 0.2) is 38.9 Å². The summed E-state index contributed by atoms with van der Waals surface area (Å²) < 4.78 is 5.40. The molecular weight excluding hydrogens is 630 g/mol. The molecule has 45 heavy (non-hydrogen) atoms. The number of H-pyrrole nitrogens is 1. The monoisotopic (exact) mass is 664 g/mol. The van der Waals surface area contributed by atoms with Gasteiger partial charge in [0.1, 0.15) is 41.5 Å². The Morgan fingerprint density at radius 1 is 1.27 bits per heavy atom. The first-order chi connectivity index (χ1) is 21.0. The Kier molecular flexibility index (Phi) is 9.59. The smallest absolute Gasteiger partial charge is 0.352 e. The fourth-order valence-corrected chi connectivity index (χ4v) is 6.65. The normalized spacial score (nSPS) is 18.6. The molecule has 0 aliphatic carbocycles. The highest BCUT2D eigenvalue weighted by Gasteiger charge is 2.55. The molecule has 2 amide bonds. The van der Waals surface area contributed by atoms with Gasteiger partial charge in [-0.05, 0) is 20.8 Å². The summed E-state index contributed by atoms with van der Waals surface area (Å²) in [4.78, 5) is 76.0. The number of pyridine rings is 1. The number of ether oxygens (including phenoxy) is 1. The predicted molar refractivity (Wildman–Crippen MR) is 164 cm³/mol. The van der Waals surface area contributed by atoms with Gasteiger partial charge in [0.15, 0.2) is 16.6 Å². The van der Waals surface area contributed by atoms with Gasteiger partial charge in [-0.3, -0.25) is 19.3 Å². The zero-order chi connectivity index (χ0) is 33.3. The third-order valence-electron chi connectivity index (χ3n) is 6.44. The lowest BCUT2D eigenvalue weighted by Gasteiger charge is -2.49. The van der Waals surface area contributed by atoms with Crippen LogP contribution in [0.1, 0.15) is 32.2 Å². The molecule has 0 bridgehead atoms. The highest BCUT2D eigenvalue weighted by molar-refractivity contribution is 8.00. The molecule has 2 aliphatic heterocycles. The summed E-state index contributed by atoms with van der Waals surface area (Å²) in [7, 11) is 3.68. The number of rotatable bonds is 11. The summed E-state index contributed by atoms with van der Waals surface area (Å²) in [6.07, 6.45) is 1.19. The van der Waals surface area contributed by atoms with Crippen LogP contribution in [0.3, 0.4) is 0 Å². The second-order valence-corrected chi connectivity index (χ2v) is 13.9. The van der Waals surface area contributed by atoms with Crippen LogP contribution in [0, 0.1) is 0 Å². The van der Waals surface area contributed by atoms with Gasteiger partial charge >= 0.3 is 11.9 Å². The average Bonchev–Trinajstić information content (AvgIpc) is 3.35. The van der Waals surface area contributed by atoms with E-state index in [2.05, 4.69) is 20.4 Å². The lowest BCUT2D eigenvalue weighted by atomic mass is 10.0. The Morgan fingerprint density at radius 3 is 2.58 bits per heavy atom. The number of aromatic hydroxyl groups is 1. The molecular formula is C27H34N7O9S2+. The Morgan fingerprint density at radius 2 is 1.98 bits per heavy atom. The quantitative estimate of drug-likeness (QED) is 0.0714. The fourth-order valence-electron chi connectivity index (χ4n) is 4.77. The number of hydrogen-bond acceptors (Lipinski definition) is 13. The zero-order valence-corrected chi connectivity index (χ0v) is 26.8. The molecule has 0 radical (unpaired) electrons. The van der Waals surface area contributed by atoms with Crippen molar-refractivity contribution in [1.29, 1.82) is 0 Å². The van der Waals surface area contributed by atoms with Crippen LogP contribution >= 0.6 is 23.1 Å². The van der Waals surface area contributed by atoms with E-state index < -0.39 is 58.6 Å². The van der Waals surface area contributed by atoms with Gasteiger partial charge in [-0.15, -0.1) is 23.1 Å². The minimum Gasteiger partial charge on any atom is -0.503 e. The Bertz CT molecular complexity index is 1640. The molecule has 6 N–H and O–H groups in total. The minimum absolute atomic E-state index is 0.0579. The number of carboxylic acid groups (broad SMARTS) is 1. The number of oxime groups is 1. The summed E-state index contributed by atoms with van der Waals surface area (Å²) in [5.74, 6) is -3.61. The summed E-state index contributed by atoms with van der Waals surface area (Å²) >= 11 is 2.33. The number of carbonyl (C=O) groups is 4. The number of nitrogens with one attached hydrogen (secondary N) is 2. The first kappa shape index (κ1) is 33.5. The number of nitrogens with zero attached hydrogens (tertiary/aromatic N) is 4. The van der Waals surface area contributed by atoms with Crippen LogP contribution in [0.5, 0.6) is 5.75 Å². The molecule has 18 heteroatoms. The van der Waals surface area contributed by atoms with E-state index in [0.29, 0.717) is 17.8 Å². The molecule has 4 rings (SSSR count). The van der Waals surface area contributed by atoms with Crippen molar-refractivity contribution in [2.45, 2.75) is 44.3 Å². The number of fused-ring (bicyclic) bond motifs is 1. The number of thioether (sulfide) groups is 1. The van der Waals surface area contributed by atoms with Crippen LogP contribution in [0.4, 0.5) is 5.13 Å². The van der Waals surface area contributed by atoms with E-state index in [-0.39, 0.29) is 39.0 Å². The molecule has 1 fully saturated rings. The van der Waals surface area contributed by atoms with Crippen LogP contribution in [0.25, 0.3) is 0 Å². The highest BCUT2D eigenvalue weighted by atomic mass is 32.2. The fraction of sp³-hybridized carbons (Fsp3) is 0.444. The summed E-state index contributed by atoms with van der Waals surface area (Å²) in [6.45, 7) is 5.01. The van der Waals surface area contributed by atoms with Gasteiger partial charge in [0.05, 0.1) is 19.8 Å². The highest BCUT2D eigenvalue weighted by Crippen LogP contribution is 2.41. The number of likely N-dealkylation sites (N-methyl/N-ethyl adjacent to an activating group) is 1. The molecule has 0 aromatic carbocycles. The summed E-state index contributed by atoms with van der Waals surface area (Å²) in [6, 6.07) is 0.204. The number of amides is 2. The molecule has 2 aromatic heterocycles. The molecule has 242 valence electrons. The van der Waals surface area contributed by atoms with Gasteiger partial charge in [0, 0.05) is 29.0 Å². The van der Waals surface area contributed by atoms with Crippen molar-refractivity contribution in [2.24, 2.45) is 5.16 Å². The van der Waals surface area contributed by atoms with Gasteiger partial charge in [0.2, 0.25) is 12.0 Å². The molecule has 1 saturated heterocycles. The number of nitrogens with two attached hydrogens (primary N) is 1. The SMILES string of the molecule is CC(C)(C)OC(=O)CO/N=C(/C(=O)N[C@@H]1C(=O)N2C(C(=O)O)=C(C[N+](C)(C)Cc3cc(=O)c(O)c[nH]3)CS[C@H]12)c1csc(N)n1. The number of carbonyl (C=O) groups excluding carboxylic acids is 3. The first-order valence-corrected chi connectivity index (χ1v) is 15.5. The van der Waals surface area contributed by atoms with Gasteiger partial charge in [-0.1, -0.05) is 5.16 Å². The molecule has 0 saturated carbocycles. The third-order valence-corrected chi connectivity index (χ3v) is 8.46. The van der Waals surface area contributed by atoms with E-state index in [9.17, 15) is 34.2 Å². The number of carboxylic acids is 1. The van der Waals surface area contributed by atoms with Crippen molar-refractivity contribution in [3.8, 4) is 5.75 Å². The minimum atomic E-state index is -1.29. The number of aliphatic carboxylic acids is 1. The molecule has 2 aliphatic rings. The Labute approximate surface area is 265 Å². The number of thiazole rings is 1. The lowest BCUT2D eigenvalue weighted by Crippen LogP contribution is -2.71. The zero-order valence-electron chi connectivity index (χ0n) is 25.2. The topological polar surface area (TPSA) is 227 Å². The van der Waals surface area contributed by atoms with Crippen LogP contribution in [-0.4, -0.2) is 109 Å². The van der Waals surface area contributed by atoms with Gasteiger partial charge in [0.25, 0.3) is 11.8 Å². The van der Waals surface area contributed by atoms with Crippen molar-refractivity contribution in [3.63, 3.8) is 0 Å².